The van der Waals surface area contributed by atoms with Gasteiger partial charge in [0.25, 0.3) is 5.56 Å². The van der Waals surface area contributed by atoms with Crippen molar-refractivity contribution in [3.05, 3.63) is 76.7 Å². The number of hydrogen-bond donors (Lipinski definition) is 2. The Labute approximate surface area is 162 Å². The van der Waals surface area contributed by atoms with Crippen molar-refractivity contribution in [2.24, 2.45) is 0 Å². The zero-order chi connectivity index (χ0) is 19.5. The number of carbonyl (C=O) groups is 1. The van der Waals surface area contributed by atoms with Crippen LogP contribution in [0.5, 0.6) is 0 Å². The van der Waals surface area contributed by atoms with Crippen molar-refractivity contribution in [1.29, 1.82) is 0 Å². The maximum Gasteiger partial charge on any atom is 0.288 e. The number of H-pyrrole nitrogens is 1. The Hall–Kier alpha value is -3.41. The molecule has 4 rings (SSSR count). The molecule has 2 heterocycles. The predicted octanol–water partition coefficient (Wildman–Crippen LogP) is 3.54. The van der Waals surface area contributed by atoms with Gasteiger partial charge in [-0.15, -0.1) is 0 Å². The number of rotatable bonds is 6. The van der Waals surface area contributed by atoms with E-state index in [1.165, 1.54) is 0 Å². The Morgan fingerprint density at radius 1 is 1.11 bits per heavy atom. The Morgan fingerprint density at radius 3 is 2.68 bits per heavy atom. The number of nitrogens with one attached hydrogen (secondary N) is 2. The van der Waals surface area contributed by atoms with Gasteiger partial charge in [-0.3, -0.25) is 9.59 Å². The summed E-state index contributed by atoms with van der Waals surface area (Å²) < 4.78 is 1.99. The maximum atomic E-state index is 12.4. The van der Waals surface area contributed by atoms with Crippen LogP contribution < -0.4 is 10.9 Å². The molecule has 0 spiro atoms. The summed E-state index contributed by atoms with van der Waals surface area (Å²) in [6, 6.07) is 17.7. The van der Waals surface area contributed by atoms with Crippen molar-refractivity contribution < 1.29 is 4.79 Å². The molecule has 0 aliphatic heterocycles. The number of carbonyl (C=O) groups excluding carboxylic acids is 1. The van der Waals surface area contributed by atoms with Crippen LogP contribution in [0, 0.1) is 0 Å². The van der Waals surface area contributed by atoms with Gasteiger partial charge >= 0.3 is 0 Å². The van der Waals surface area contributed by atoms with Crippen LogP contribution in [-0.4, -0.2) is 20.7 Å². The van der Waals surface area contributed by atoms with Crippen LogP contribution in [0.3, 0.4) is 0 Å². The normalized spacial score (nSPS) is 12.3. The van der Waals surface area contributed by atoms with E-state index in [0.717, 1.165) is 21.9 Å². The Morgan fingerprint density at radius 2 is 1.86 bits per heavy atom. The van der Waals surface area contributed by atoms with E-state index in [1.54, 1.807) is 6.20 Å². The van der Waals surface area contributed by atoms with E-state index in [2.05, 4.69) is 15.5 Å². The van der Waals surface area contributed by atoms with E-state index in [4.69, 9.17) is 0 Å². The SMILES string of the molecule is CC(NC(=O)CCCn1c2ccccc2c2cn[nH]c(=O)c21)c1ccccc1. The lowest BCUT2D eigenvalue weighted by molar-refractivity contribution is -0.121. The summed E-state index contributed by atoms with van der Waals surface area (Å²) in [5.74, 6) is 0.00713. The largest absolute Gasteiger partial charge is 0.350 e. The highest BCUT2D eigenvalue weighted by Gasteiger charge is 2.14. The van der Waals surface area contributed by atoms with Gasteiger partial charge < -0.3 is 9.88 Å². The molecule has 0 fully saturated rings. The fourth-order valence-corrected chi connectivity index (χ4v) is 3.68. The number of amides is 1. The standard InChI is InChI=1S/C22H22N4O2/c1-15(16-8-3-2-4-9-16)24-20(27)12-7-13-26-19-11-6-5-10-17(19)18-14-23-25-22(28)21(18)26/h2-6,8-11,14-15H,7,12-13H2,1H3,(H,24,27)(H,25,28). The molecule has 1 atom stereocenters. The summed E-state index contributed by atoms with van der Waals surface area (Å²) in [7, 11) is 0. The minimum atomic E-state index is -0.212. The van der Waals surface area contributed by atoms with Crippen LogP contribution in [0.15, 0.2) is 65.6 Å². The van der Waals surface area contributed by atoms with Crippen molar-refractivity contribution in [2.45, 2.75) is 32.4 Å². The molecular weight excluding hydrogens is 352 g/mol. The van der Waals surface area contributed by atoms with Gasteiger partial charge in [0.05, 0.1) is 12.2 Å². The van der Waals surface area contributed by atoms with Crippen LogP contribution in [0.4, 0.5) is 0 Å². The Balaban J connectivity index is 1.48. The molecule has 28 heavy (non-hydrogen) atoms. The molecule has 0 radical (unpaired) electrons. The van der Waals surface area contributed by atoms with E-state index >= 15 is 0 Å². The average molecular weight is 374 g/mol. The second-order valence-electron chi connectivity index (χ2n) is 6.93. The second kappa shape index (κ2) is 7.68. The molecule has 1 amide bonds. The number of aromatic amines is 1. The van der Waals surface area contributed by atoms with Gasteiger partial charge in [-0.2, -0.15) is 5.10 Å². The minimum Gasteiger partial charge on any atom is -0.350 e. The molecule has 2 N–H and O–H groups in total. The van der Waals surface area contributed by atoms with Gasteiger partial charge in [0, 0.05) is 29.3 Å². The van der Waals surface area contributed by atoms with Crippen LogP contribution in [0.25, 0.3) is 21.8 Å². The van der Waals surface area contributed by atoms with E-state index in [0.29, 0.717) is 24.9 Å². The van der Waals surface area contributed by atoms with Gasteiger partial charge in [0.1, 0.15) is 5.52 Å². The third-order valence-electron chi connectivity index (χ3n) is 5.05. The molecule has 0 aliphatic carbocycles. The lowest BCUT2D eigenvalue weighted by Crippen LogP contribution is -2.26. The molecule has 0 saturated heterocycles. The summed E-state index contributed by atoms with van der Waals surface area (Å²) in [6.45, 7) is 2.57. The first kappa shape index (κ1) is 18.0. The highest BCUT2D eigenvalue weighted by Crippen LogP contribution is 2.26. The maximum absolute atomic E-state index is 12.4. The van der Waals surface area contributed by atoms with Gasteiger partial charge in [-0.25, -0.2) is 5.10 Å². The number of fused-ring (bicyclic) bond motifs is 3. The van der Waals surface area contributed by atoms with E-state index < -0.39 is 0 Å². The number of aryl methyl sites for hydroxylation is 1. The first-order valence-corrected chi connectivity index (χ1v) is 9.44. The highest BCUT2D eigenvalue weighted by atomic mass is 16.1. The highest BCUT2D eigenvalue weighted by molar-refractivity contribution is 6.07. The number of aromatic nitrogens is 3. The third-order valence-corrected chi connectivity index (χ3v) is 5.05. The van der Waals surface area contributed by atoms with Crippen LogP contribution in [0.2, 0.25) is 0 Å². The summed E-state index contributed by atoms with van der Waals surface area (Å²) in [5.41, 5.74) is 2.46. The molecule has 142 valence electrons. The molecule has 0 bridgehead atoms. The lowest BCUT2D eigenvalue weighted by atomic mass is 10.1. The molecular formula is C22H22N4O2. The van der Waals surface area contributed by atoms with Crippen molar-refractivity contribution in [3.8, 4) is 0 Å². The van der Waals surface area contributed by atoms with Crippen LogP contribution >= 0.6 is 0 Å². The zero-order valence-corrected chi connectivity index (χ0v) is 15.7. The van der Waals surface area contributed by atoms with E-state index in [-0.39, 0.29) is 17.5 Å². The van der Waals surface area contributed by atoms with Crippen molar-refractivity contribution in [3.63, 3.8) is 0 Å². The molecule has 0 saturated carbocycles. The smallest absolute Gasteiger partial charge is 0.288 e. The number of hydrogen-bond acceptors (Lipinski definition) is 3. The van der Waals surface area contributed by atoms with Gasteiger partial charge in [-0.1, -0.05) is 48.5 Å². The Kier molecular flexibility index (Phi) is 4.93. The third kappa shape index (κ3) is 3.41. The lowest BCUT2D eigenvalue weighted by Gasteiger charge is -2.14. The summed E-state index contributed by atoms with van der Waals surface area (Å²) >= 11 is 0. The number of nitrogens with zero attached hydrogens (tertiary/aromatic N) is 2. The van der Waals surface area contributed by atoms with Gasteiger partial charge in [0.15, 0.2) is 0 Å². The number of para-hydroxylation sites is 1. The Bertz CT molecular complexity index is 1180. The quantitative estimate of drug-likeness (QED) is 0.542. The zero-order valence-electron chi connectivity index (χ0n) is 15.7. The first-order chi connectivity index (χ1) is 13.6. The van der Waals surface area contributed by atoms with Crippen LogP contribution in [-0.2, 0) is 11.3 Å². The second-order valence-corrected chi connectivity index (χ2v) is 6.93. The fraction of sp³-hybridized carbons (Fsp3) is 0.227. The molecule has 2 aromatic heterocycles. The molecule has 6 nitrogen and oxygen atoms in total. The van der Waals surface area contributed by atoms with Gasteiger partial charge in [-0.05, 0) is 25.0 Å². The first-order valence-electron chi connectivity index (χ1n) is 9.44. The predicted molar refractivity (Wildman–Crippen MR) is 110 cm³/mol. The van der Waals surface area contributed by atoms with Crippen molar-refractivity contribution in [2.75, 3.05) is 0 Å². The fourth-order valence-electron chi connectivity index (χ4n) is 3.68. The van der Waals surface area contributed by atoms with Gasteiger partial charge in [0.2, 0.25) is 5.91 Å². The topological polar surface area (TPSA) is 79.8 Å². The van der Waals surface area contributed by atoms with E-state index in [1.807, 2.05) is 66.1 Å². The molecule has 1 unspecified atom stereocenters. The van der Waals surface area contributed by atoms with Crippen molar-refractivity contribution in [1.82, 2.24) is 20.1 Å². The van der Waals surface area contributed by atoms with Crippen LogP contribution in [0.1, 0.15) is 31.4 Å². The molecule has 6 heteroatoms. The summed E-state index contributed by atoms with van der Waals surface area (Å²) in [4.78, 5) is 24.7. The van der Waals surface area contributed by atoms with E-state index in [9.17, 15) is 9.59 Å². The average Bonchev–Trinajstić information content (AvgIpc) is 3.04. The number of benzene rings is 2. The summed E-state index contributed by atoms with van der Waals surface area (Å²) in [5, 5.41) is 11.3. The molecule has 2 aromatic carbocycles. The van der Waals surface area contributed by atoms with Crippen molar-refractivity contribution >= 4 is 27.7 Å². The summed E-state index contributed by atoms with van der Waals surface area (Å²) in [6.07, 6.45) is 2.72. The molecule has 4 aromatic rings. The monoisotopic (exact) mass is 374 g/mol. The molecule has 0 aliphatic rings. The minimum absolute atomic E-state index is 0.00713.